The van der Waals surface area contributed by atoms with E-state index in [1.807, 2.05) is 27.7 Å². The lowest BCUT2D eigenvalue weighted by atomic mass is 10.1. The number of hydrogen-bond acceptors (Lipinski definition) is 4. The first kappa shape index (κ1) is 18.0. The molecule has 0 fully saturated rings. The van der Waals surface area contributed by atoms with Gasteiger partial charge >= 0.3 is 0 Å². The maximum atomic E-state index is 12.6. The molecule has 0 aliphatic rings. The van der Waals surface area contributed by atoms with Crippen LogP contribution in [0.3, 0.4) is 0 Å². The number of H-pyrrole nitrogens is 1. The Bertz CT molecular complexity index is 598. The molecule has 0 unspecified atom stereocenters. The van der Waals surface area contributed by atoms with Crippen molar-refractivity contribution in [3.8, 4) is 0 Å². The van der Waals surface area contributed by atoms with Crippen molar-refractivity contribution in [2.24, 2.45) is 11.8 Å². The zero-order valence-electron chi connectivity index (χ0n) is 13.0. The molecule has 0 aromatic carbocycles. The Hall–Kier alpha value is -1.08. The molecule has 0 spiro atoms. The first-order valence-corrected chi connectivity index (χ1v) is 9.13. The van der Waals surface area contributed by atoms with Crippen molar-refractivity contribution in [2.45, 2.75) is 39.5 Å². The summed E-state index contributed by atoms with van der Waals surface area (Å²) in [5.41, 5.74) is 0.131. The number of carbonyl (C=O) groups excluding carboxylic acids is 1. The minimum absolute atomic E-state index is 0.135. The summed E-state index contributed by atoms with van der Waals surface area (Å²) in [4.78, 5) is 14.0. The van der Waals surface area contributed by atoms with Crippen LogP contribution in [0.25, 0.3) is 0 Å². The van der Waals surface area contributed by atoms with Gasteiger partial charge in [0.1, 0.15) is 4.90 Å². The number of hydrogen-bond donors (Lipinski definition) is 1. The van der Waals surface area contributed by atoms with E-state index in [9.17, 15) is 13.2 Å². The highest BCUT2D eigenvalue weighted by atomic mass is 35.7. The number of carbonyl (C=O) groups is 1. The number of aromatic amines is 1. The van der Waals surface area contributed by atoms with Crippen LogP contribution in [0.4, 0.5) is 0 Å². The minimum atomic E-state index is -4.03. The van der Waals surface area contributed by atoms with Gasteiger partial charge in [-0.25, -0.2) is 8.42 Å². The number of aromatic nitrogens is 2. The van der Waals surface area contributed by atoms with Gasteiger partial charge in [0.05, 0.1) is 5.69 Å². The molecule has 0 saturated carbocycles. The molecule has 1 aromatic rings. The Morgan fingerprint density at radius 1 is 1.24 bits per heavy atom. The molecule has 1 heterocycles. The van der Waals surface area contributed by atoms with E-state index in [1.54, 1.807) is 4.90 Å². The number of halogens is 1. The van der Waals surface area contributed by atoms with Crippen LogP contribution in [0, 0.1) is 18.8 Å². The lowest BCUT2D eigenvalue weighted by Crippen LogP contribution is -2.37. The summed E-state index contributed by atoms with van der Waals surface area (Å²) < 4.78 is 23.3. The molecule has 0 bridgehead atoms. The van der Waals surface area contributed by atoms with Gasteiger partial charge in [-0.15, -0.1) is 0 Å². The molecule has 1 rings (SSSR count). The van der Waals surface area contributed by atoms with E-state index in [0.717, 1.165) is 0 Å². The Balaban J connectivity index is 3.21. The molecule has 21 heavy (non-hydrogen) atoms. The maximum absolute atomic E-state index is 12.6. The molecule has 1 amide bonds. The van der Waals surface area contributed by atoms with Crippen LogP contribution in [-0.4, -0.2) is 42.5 Å². The van der Waals surface area contributed by atoms with Gasteiger partial charge in [0.2, 0.25) is 0 Å². The Morgan fingerprint density at radius 3 is 2.10 bits per heavy atom. The Morgan fingerprint density at radius 2 is 1.71 bits per heavy atom. The van der Waals surface area contributed by atoms with Gasteiger partial charge in [-0.05, 0) is 18.8 Å². The summed E-state index contributed by atoms with van der Waals surface area (Å²) in [5, 5.41) is 6.36. The zero-order valence-corrected chi connectivity index (χ0v) is 14.5. The molecule has 0 atom stereocenters. The van der Waals surface area contributed by atoms with Crippen LogP contribution in [-0.2, 0) is 9.05 Å². The third-order valence-corrected chi connectivity index (χ3v) is 4.25. The van der Waals surface area contributed by atoms with Gasteiger partial charge in [-0.2, -0.15) is 5.10 Å². The first-order valence-electron chi connectivity index (χ1n) is 6.83. The highest BCUT2D eigenvalue weighted by Gasteiger charge is 2.30. The summed E-state index contributed by atoms with van der Waals surface area (Å²) in [5.74, 6) is 0.119. The fraction of sp³-hybridized carbons (Fsp3) is 0.692. The van der Waals surface area contributed by atoms with E-state index in [4.69, 9.17) is 10.7 Å². The van der Waals surface area contributed by atoms with Crippen LogP contribution in [0.5, 0.6) is 0 Å². The molecule has 0 saturated heterocycles. The smallest absolute Gasteiger partial charge is 0.275 e. The van der Waals surface area contributed by atoms with Gasteiger partial charge in [-0.1, -0.05) is 27.7 Å². The second-order valence-corrected chi connectivity index (χ2v) is 8.46. The summed E-state index contributed by atoms with van der Waals surface area (Å²) in [7, 11) is 1.39. The summed E-state index contributed by atoms with van der Waals surface area (Å²) in [6, 6.07) is 0. The normalized spacial score (nSPS) is 12.2. The maximum Gasteiger partial charge on any atom is 0.275 e. The van der Waals surface area contributed by atoms with Crippen LogP contribution >= 0.6 is 10.7 Å². The minimum Gasteiger partial charge on any atom is -0.337 e. The summed E-state index contributed by atoms with van der Waals surface area (Å²) in [6.07, 6.45) is 0. The average Bonchev–Trinajstić information content (AvgIpc) is 2.67. The van der Waals surface area contributed by atoms with Gasteiger partial charge in [0, 0.05) is 23.8 Å². The predicted molar refractivity (Wildman–Crippen MR) is 81.9 cm³/mol. The fourth-order valence-corrected chi connectivity index (χ4v) is 3.48. The molecule has 0 aliphatic carbocycles. The Labute approximate surface area is 130 Å². The van der Waals surface area contributed by atoms with Crippen LogP contribution < -0.4 is 0 Å². The van der Waals surface area contributed by atoms with Gasteiger partial charge < -0.3 is 4.90 Å². The van der Waals surface area contributed by atoms with Gasteiger partial charge in [-0.3, -0.25) is 9.89 Å². The first-order chi connectivity index (χ1) is 9.54. The highest BCUT2D eigenvalue weighted by Crippen LogP contribution is 2.23. The van der Waals surface area contributed by atoms with Crippen molar-refractivity contribution in [3.05, 3.63) is 11.4 Å². The predicted octanol–water partition coefficient (Wildman–Crippen LogP) is 2.40. The van der Waals surface area contributed by atoms with Crippen LogP contribution in [0.1, 0.15) is 43.9 Å². The monoisotopic (exact) mass is 335 g/mol. The lowest BCUT2D eigenvalue weighted by molar-refractivity contribution is 0.0705. The second kappa shape index (κ2) is 6.79. The molecule has 1 aromatic heterocycles. The number of amides is 1. The molecule has 1 N–H and O–H groups in total. The molecule has 0 radical (unpaired) electrons. The molecule has 0 aliphatic heterocycles. The molecular weight excluding hydrogens is 314 g/mol. The third kappa shape index (κ3) is 4.71. The molecule has 120 valence electrons. The van der Waals surface area contributed by atoms with Crippen molar-refractivity contribution in [1.29, 1.82) is 0 Å². The van der Waals surface area contributed by atoms with Crippen LogP contribution in [0.2, 0.25) is 0 Å². The second-order valence-electron chi connectivity index (χ2n) is 5.96. The number of rotatable bonds is 6. The third-order valence-electron chi connectivity index (χ3n) is 2.80. The zero-order chi connectivity index (χ0) is 16.4. The summed E-state index contributed by atoms with van der Waals surface area (Å²) in [6.45, 7) is 10.6. The van der Waals surface area contributed by atoms with E-state index in [0.29, 0.717) is 13.1 Å². The average molecular weight is 336 g/mol. The van der Waals surface area contributed by atoms with Crippen molar-refractivity contribution in [2.75, 3.05) is 13.1 Å². The van der Waals surface area contributed by atoms with E-state index in [-0.39, 0.29) is 28.1 Å². The van der Waals surface area contributed by atoms with E-state index in [1.165, 1.54) is 6.92 Å². The number of nitrogens with one attached hydrogen (secondary N) is 1. The molecule has 6 nitrogen and oxygen atoms in total. The van der Waals surface area contributed by atoms with Crippen molar-refractivity contribution in [3.63, 3.8) is 0 Å². The van der Waals surface area contributed by atoms with E-state index in [2.05, 4.69) is 10.2 Å². The van der Waals surface area contributed by atoms with Crippen molar-refractivity contribution < 1.29 is 13.2 Å². The van der Waals surface area contributed by atoms with E-state index >= 15 is 0 Å². The van der Waals surface area contributed by atoms with Crippen LogP contribution in [0.15, 0.2) is 4.90 Å². The standard InChI is InChI=1S/C13H22ClN3O3S/c1-8(2)6-17(7-9(3)4)13(18)11-12(21(14,19)20)10(5)15-16-11/h8-9H,6-7H2,1-5H3,(H,15,16). The number of nitrogens with zero attached hydrogens (tertiary/aromatic N) is 2. The Kier molecular flexibility index (Phi) is 5.81. The topological polar surface area (TPSA) is 83.1 Å². The molecule has 8 heteroatoms. The quantitative estimate of drug-likeness (QED) is 0.809. The molecular formula is C13H22ClN3O3S. The SMILES string of the molecule is Cc1[nH]nc(C(=O)N(CC(C)C)CC(C)C)c1S(=O)(=O)Cl. The van der Waals surface area contributed by atoms with Crippen molar-refractivity contribution in [1.82, 2.24) is 15.1 Å². The number of aryl methyl sites for hydroxylation is 1. The van der Waals surface area contributed by atoms with Crippen molar-refractivity contribution >= 4 is 25.6 Å². The largest absolute Gasteiger partial charge is 0.337 e. The lowest BCUT2D eigenvalue weighted by Gasteiger charge is -2.25. The van der Waals surface area contributed by atoms with Gasteiger partial charge in [0.25, 0.3) is 15.0 Å². The van der Waals surface area contributed by atoms with E-state index < -0.39 is 15.0 Å². The summed E-state index contributed by atoms with van der Waals surface area (Å²) >= 11 is 0. The highest BCUT2D eigenvalue weighted by molar-refractivity contribution is 8.13. The van der Waals surface area contributed by atoms with Gasteiger partial charge in [0.15, 0.2) is 5.69 Å². The fourth-order valence-electron chi connectivity index (χ4n) is 2.13.